The van der Waals surface area contributed by atoms with Gasteiger partial charge in [-0.05, 0) is 12.1 Å². The van der Waals surface area contributed by atoms with E-state index in [0.29, 0.717) is 31.2 Å². The maximum Gasteiger partial charge on any atom is 0.281 e. The summed E-state index contributed by atoms with van der Waals surface area (Å²) in [5, 5.41) is 0. The van der Waals surface area contributed by atoms with Crippen molar-refractivity contribution < 1.29 is 17.9 Å². The molecule has 0 aliphatic carbocycles. The largest absolute Gasteiger partial charge is 0.486 e. The molecular formula is C14H22N2O4S. The Morgan fingerprint density at radius 1 is 1.19 bits per heavy atom. The van der Waals surface area contributed by atoms with Crippen LogP contribution in [-0.4, -0.2) is 56.4 Å². The predicted molar refractivity (Wildman–Crippen MR) is 80.8 cm³/mol. The van der Waals surface area contributed by atoms with Gasteiger partial charge in [-0.1, -0.05) is 26.0 Å². The summed E-state index contributed by atoms with van der Waals surface area (Å²) in [5.41, 5.74) is 0. The number of hydrogen-bond donors (Lipinski definition) is 0. The quantitative estimate of drug-likeness (QED) is 0.795. The van der Waals surface area contributed by atoms with Gasteiger partial charge in [-0.2, -0.15) is 17.0 Å². The van der Waals surface area contributed by atoms with Gasteiger partial charge in [0.05, 0.1) is 6.54 Å². The molecule has 2 rings (SSSR count). The summed E-state index contributed by atoms with van der Waals surface area (Å²) in [4.78, 5) is 0. The highest BCUT2D eigenvalue weighted by atomic mass is 32.2. The summed E-state index contributed by atoms with van der Waals surface area (Å²) >= 11 is 0. The van der Waals surface area contributed by atoms with Crippen LogP contribution in [-0.2, 0) is 10.2 Å². The minimum Gasteiger partial charge on any atom is -0.486 e. The molecule has 1 heterocycles. The summed E-state index contributed by atoms with van der Waals surface area (Å²) in [5.74, 6) is 1.35. The van der Waals surface area contributed by atoms with E-state index in [-0.39, 0.29) is 12.6 Å². The van der Waals surface area contributed by atoms with E-state index in [9.17, 15) is 8.42 Å². The first-order chi connectivity index (χ1) is 9.98. The molecule has 7 heteroatoms. The van der Waals surface area contributed by atoms with Crippen molar-refractivity contribution in [3.63, 3.8) is 0 Å². The molecule has 0 saturated heterocycles. The molecule has 0 saturated carbocycles. The van der Waals surface area contributed by atoms with Crippen LogP contribution in [0, 0.1) is 0 Å². The third-order valence-electron chi connectivity index (χ3n) is 3.45. The molecule has 0 aromatic heterocycles. The van der Waals surface area contributed by atoms with Gasteiger partial charge < -0.3 is 9.47 Å². The van der Waals surface area contributed by atoms with Crippen molar-refractivity contribution >= 4 is 10.2 Å². The van der Waals surface area contributed by atoms with Crippen LogP contribution in [0.25, 0.3) is 0 Å². The van der Waals surface area contributed by atoms with Gasteiger partial charge in [-0.25, -0.2) is 0 Å². The summed E-state index contributed by atoms with van der Waals surface area (Å²) in [7, 11) is -1.88. The average Bonchev–Trinajstić information content (AvgIpc) is 2.48. The summed E-state index contributed by atoms with van der Waals surface area (Å²) in [6.45, 7) is 5.15. The Morgan fingerprint density at radius 2 is 1.81 bits per heavy atom. The molecule has 6 nitrogen and oxygen atoms in total. The molecule has 1 aromatic rings. The second-order valence-electron chi connectivity index (χ2n) is 4.87. The number of fused-ring (bicyclic) bond motifs is 1. The minimum atomic E-state index is -3.45. The van der Waals surface area contributed by atoms with Crippen molar-refractivity contribution in [3.05, 3.63) is 24.3 Å². The maximum absolute atomic E-state index is 12.4. The molecule has 0 unspecified atom stereocenters. The highest BCUT2D eigenvalue weighted by Crippen LogP contribution is 2.31. The first kappa shape index (κ1) is 16.1. The lowest BCUT2D eigenvalue weighted by Gasteiger charge is -2.31. The molecule has 1 atom stereocenters. The van der Waals surface area contributed by atoms with Gasteiger partial charge in [0.2, 0.25) is 0 Å². The topological polar surface area (TPSA) is 59.1 Å². The smallest absolute Gasteiger partial charge is 0.281 e. The zero-order chi connectivity index (χ0) is 15.5. The maximum atomic E-state index is 12.4. The van der Waals surface area contributed by atoms with Gasteiger partial charge >= 0.3 is 0 Å². The normalized spacial score (nSPS) is 18.2. The molecule has 118 valence electrons. The molecule has 1 aromatic carbocycles. The molecule has 0 radical (unpaired) electrons. The van der Waals surface area contributed by atoms with E-state index < -0.39 is 10.2 Å². The van der Waals surface area contributed by atoms with Gasteiger partial charge in [-0.3, -0.25) is 0 Å². The third kappa shape index (κ3) is 3.48. The summed E-state index contributed by atoms with van der Waals surface area (Å²) in [6.07, 6.45) is -0.310. The van der Waals surface area contributed by atoms with E-state index in [4.69, 9.17) is 9.47 Å². The van der Waals surface area contributed by atoms with Crippen molar-refractivity contribution in [1.82, 2.24) is 8.61 Å². The molecule has 0 fully saturated rings. The molecule has 0 spiro atoms. The van der Waals surface area contributed by atoms with E-state index in [1.54, 1.807) is 7.05 Å². The second kappa shape index (κ2) is 6.64. The Labute approximate surface area is 126 Å². The Morgan fingerprint density at radius 3 is 2.43 bits per heavy atom. The molecule has 1 aliphatic heterocycles. The van der Waals surface area contributed by atoms with E-state index in [1.807, 2.05) is 38.1 Å². The molecule has 1 aliphatic rings. The number of rotatable bonds is 6. The molecule has 21 heavy (non-hydrogen) atoms. The van der Waals surface area contributed by atoms with E-state index in [0.717, 1.165) is 0 Å². The SMILES string of the molecule is CCN(CC)S(=O)(=O)N(C)C[C@@H]1COc2ccccc2O1. The predicted octanol–water partition coefficient (Wildman–Crippen LogP) is 1.34. The van der Waals surface area contributed by atoms with Gasteiger partial charge in [0.25, 0.3) is 10.2 Å². The lowest BCUT2D eigenvalue weighted by molar-refractivity contribution is 0.0788. The van der Waals surface area contributed by atoms with Crippen LogP contribution in [0.15, 0.2) is 24.3 Å². The Balaban J connectivity index is 2.03. The Kier molecular flexibility index (Phi) is 5.08. The van der Waals surface area contributed by atoms with Crippen molar-refractivity contribution in [2.75, 3.05) is 33.3 Å². The van der Waals surface area contributed by atoms with E-state index in [2.05, 4.69) is 0 Å². The van der Waals surface area contributed by atoms with Crippen molar-refractivity contribution in [2.45, 2.75) is 20.0 Å². The van der Waals surface area contributed by atoms with Crippen LogP contribution in [0.3, 0.4) is 0 Å². The molecular weight excluding hydrogens is 292 g/mol. The van der Waals surface area contributed by atoms with Crippen LogP contribution in [0.2, 0.25) is 0 Å². The van der Waals surface area contributed by atoms with Crippen LogP contribution in [0.1, 0.15) is 13.8 Å². The highest BCUT2D eigenvalue weighted by molar-refractivity contribution is 7.86. The standard InChI is InChI=1S/C14H22N2O4S/c1-4-16(5-2)21(17,18)15(3)10-12-11-19-13-8-6-7-9-14(13)20-12/h6-9,12H,4-5,10-11H2,1-3H3/t12-/m1/s1. The number of likely N-dealkylation sites (N-methyl/N-ethyl adjacent to an activating group) is 1. The molecule has 0 bridgehead atoms. The van der Waals surface area contributed by atoms with Crippen LogP contribution < -0.4 is 9.47 Å². The fourth-order valence-electron chi connectivity index (χ4n) is 2.28. The molecule has 0 N–H and O–H groups in total. The second-order valence-corrected chi connectivity index (χ2v) is 6.91. The monoisotopic (exact) mass is 314 g/mol. The number of benzene rings is 1. The Hall–Kier alpha value is -1.31. The third-order valence-corrected chi connectivity index (χ3v) is 5.56. The summed E-state index contributed by atoms with van der Waals surface area (Å²) in [6, 6.07) is 7.39. The number of hydrogen-bond acceptors (Lipinski definition) is 4. The lowest BCUT2D eigenvalue weighted by atomic mass is 10.2. The van der Waals surface area contributed by atoms with Crippen LogP contribution in [0.4, 0.5) is 0 Å². The first-order valence-electron chi connectivity index (χ1n) is 7.09. The molecule has 0 amide bonds. The van der Waals surface area contributed by atoms with Gasteiger partial charge in [-0.15, -0.1) is 0 Å². The van der Waals surface area contributed by atoms with Crippen molar-refractivity contribution in [1.29, 1.82) is 0 Å². The Bertz CT molecular complexity index is 572. The first-order valence-corrected chi connectivity index (χ1v) is 8.48. The van der Waals surface area contributed by atoms with Gasteiger partial charge in [0.1, 0.15) is 12.7 Å². The average molecular weight is 314 g/mol. The summed E-state index contributed by atoms with van der Waals surface area (Å²) < 4.78 is 38.9. The zero-order valence-corrected chi connectivity index (χ0v) is 13.5. The number of ether oxygens (including phenoxy) is 2. The lowest BCUT2D eigenvalue weighted by Crippen LogP contribution is -2.47. The number of para-hydroxylation sites is 2. The van der Waals surface area contributed by atoms with Crippen molar-refractivity contribution in [3.8, 4) is 11.5 Å². The van der Waals surface area contributed by atoms with E-state index >= 15 is 0 Å². The zero-order valence-electron chi connectivity index (χ0n) is 12.7. The minimum absolute atomic E-state index is 0.257. The van der Waals surface area contributed by atoms with Gasteiger partial charge in [0, 0.05) is 20.1 Å². The fraction of sp³-hybridized carbons (Fsp3) is 0.571. The van der Waals surface area contributed by atoms with Crippen molar-refractivity contribution in [2.24, 2.45) is 0 Å². The fourth-order valence-corrected chi connectivity index (χ4v) is 3.68. The van der Waals surface area contributed by atoms with E-state index in [1.165, 1.54) is 8.61 Å². The highest BCUT2D eigenvalue weighted by Gasteiger charge is 2.29. The van der Waals surface area contributed by atoms with Crippen LogP contribution in [0.5, 0.6) is 11.5 Å². The van der Waals surface area contributed by atoms with Gasteiger partial charge in [0.15, 0.2) is 11.5 Å². The number of nitrogens with zero attached hydrogens (tertiary/aromatic N) is 2. The van der Waals surface area contributed by atoms with Crippen LogP contribution >= 0.6 is 0 Å².